The largest absolute Gasteiger partial charge is 0.443 e. The van der Waals surface area contributed by atoms with Gasteiger partial charge in [-0.2, -0.15) is 0 Å². The van der Waals surface area contributed by atoms with Crippen LogP contribution in [0.15, 0.2) is 59.5 Å². The van der Waals surface area contributed by atoms with Gasteiger partial charge in [0, 0.05) is 23.0 Å². The quantitative estimate of drug-likeness (QED) is 0.588. The summed E-state index contributed by atoms with van der Waals surface area (Å²) in [5.41, 5.74) is 3.64. The molecule has 0 aliphatic rings. The summed E-state index contributed by atoms with van der Waals surface area (Å²) in [6, 6.07) is 12.9. The third kappa shape index (κ3) is 2.04. The van der Waals surface area contributed by atoms with Gasteiger partial charge in [-0.05, 0) is 41.8 Å². The molecule has 2 heterocycles. The average molecular weight is 277 g/mol. The molecule has 2 aromatic carbocycles. The number of rotatable bonds is 2. The number of hydrogen-bond acceptors (Lipinski definition) is 3. The van der Waals surface area contributed by atoms with Crippen molar-refractivity contribution in [2.45, 2.75) is 0 Å². The van der Waals surface area contributed by atoms with E-state index in [1.807, 2.05) is 24.4 Å². The number of fused-ring (bicyclic) bond motifs is 2. The molecule has 5 heteroatoms. The molecule has 0 aliphatic carbocycles. The molecule has 4 rings (SSSR count). The van der Waals surface area contributed by atoms with Crippen LogP contribution in [0.25, 0.3) is 22.0 Å². The van der Waals surface area contributed by atoms with Crippen LogP contribution in [0.1, 0.15) is 10.4 Å². The highest BCUT2D eigenvalue weighted by Gasteiger charge is 2.08. The molecule has 0 saturated heterocycles. The molecule has 4 aromatic rings. The molecule has 5 nitrogen and oxygen atoms in total. The predicted molar refractivity (Wildman–Crippen MR) is 80.3 cm³/mol. The van der Waals surface area contributed by atoms with Gasteiger partial charge in [-0.25, -0.2) is 4.98 Å². The number of H-pyrrole nitrogens is 1. The van der Waals surface area contributed by atoms with Crippen LogP contribution in [-0.4, -0.2) is 15.9 Å². The molecule has 0 radical (unpaired) electrons. The molecule has 0 bridgehead atoms. The second kappa shape index (κ2) is 4.49. The van der Waals surface area contributed by atoms with Gasteiger partial charge in [0.25, 0.3) is 5.91 Å². The van der Waals surface area contributed by atoms with Crippen molar-refractivity contribution in [3.05, 3.63) is 60.6 Å². The van der Waals surface area contributed by atoms with Gasteiger partial charge in [-0.1, -0.05) is 6.07 Å². The first-order valence-electron chi connectivity index (χ1n) is 6.51. The number of benzene rings is 2. The molecular formula is C16H11N3O2. The van der Waals surface area contributed by atoms with E-state index in [9.17, 15) is 4.79 Å². The van der Waals surface area contributed by atoms with Crippen LogP contribution >= 0.6 is 0 Å². The number of nitrogens with zero attached hydrogens (tertiary/aromatic N) is 1. The predicted octanol–water partition coefficient (Wildman–Crippen LogP) is 3.56. The Morgan fingerprint density at radius 2 is 2.10 bits per heavy atom. The van der Waals surface area contributed by atoms with Crippen molar-refractivity contribution in [2.24, 2.45) is 0 Å². The first-order chi connectivity index (χ1) is 10.3. The number of hydrogen-bond donors (Lipinski definition) is 2. The van der Waals surface area contributed by atoms with Crippen LogP contribution in [-0.2, 0) is 0 Å². The minimum absolute atomic E-state index is 0.158. The normalized spacial score (nSPS) is 11.0. The summed E-state index contributed by atoms with van der Waals surface area (Å²) in [5, 5.41) is 3.94. The fourth-order valence-electron chi connectivity index (χ4n) is 2.33. The molecule has 2 aromatic heterocycles. The van der Waals surface area contributed by atoms with E-state index < -0.39 is 0 Å². The lowest BCUT2D eigenvalue weighted by Gasteiger charge is -2.05. The minimum Gasteiger partial charge on any atom is -0.443 e. The maximum absolute atomic E-state index is 12.3. The Balaban J connectivity index is 1.64. The van der Waals surface area contributed by atoms with Gasteiger partial charge in [-0.3, -0.25) is 4.79 Å². The Labute approximate surface area is 119 Å². The van der Waals surface area contributed by atoms with Gasteiger partial charge in [0.1, 0.15) is 5.52 Å². The Morgan fingerprint density at radius 1 is 1.14 bits per heavy atom. The lowest BCUT2D eigenvalue weighted by molar-refractivity contribution is 0.102. The fraction of sp³-hybridized carbons (Fsp3) is 0. The van der Waals surface area contributed by atoms with Crippen molar-refractivity contribution in [1.82, 2.24) is 9.97 Å². The summed E-state index contributed by atoms with van der Waals surface area (Å²) >= 11 is 0. The van der Waals surface area contributed by atoms with Crippen LogP contribution in [0.4, 0.5) is 5.69 Å². The number of oxazole rings is 1. The molecule has 0 aliphatic heterocycles. The third-order valence-electron chi connectivity index (χ3n) is 3.41. The van der Waals surface area contributed by atoms with E-state index in [2.05, 4.69) is 15.3 Å². The van der Waals surface area contributed by atoms with Crippen molar-refractivity contribution in [1.29, 1.82) is 0 Å². The molecule has 102 valence electrons. The van der Waals surface area contributed by atoms with Gasteiger partial charge in [0.15, 0.2) is 12.0 Å². The Hall–Kier alpha value is -3.08. The molecular weight excluding hydrogens is 266 g/mol. The summed E-state index contributed by atoms with van der Waals surface area (Å²) < 4.78 is 5.17. The fourth-order valence-corrected chi connectivity index (χ4v) is 2.33. The zero-order chi connectivity index (χ0) is 14.2. The number of anilines is 1. The Bertz CT molecular complexity index is 952. The topological polar surface area (TPSA) is 70.9 Å². The van der Waals surface area contributed by atoms with Crippen LogP contribution in [0.5, 0.6) is 0 Å². The van der Waals surface area contributed by atoms with E-state index in [1.54, 1.807) is 24.3 Å². The first kappa shape index (κ1) is 11.7. The van der Waals surface area contributed by atoms with Crippen molar-refractivity contribution >= 4 is 33.6 Å². The molecule has 1 amide bonds. The van der Waals surface area contributed by atoms with Crippen molar-refractivity contribution in [2.75, 3.05) is 5.32 Å². The molecule has 0 unspecified atom stereocenters. The zero-order valence-electron chi connectivity index (χ0n) is 11.0. The summed E-state index contributed by atoms with van der Waals surface area (Å²) in [7, 11) is 0. The van der Waals surface area contributed by atoms with Crippen LogP contribution in [0, 0.1) is 0 Å². The summed E-state index contributed by atoms with van der Waals surface area (Å²) in [6.45, 7) is 0. The summed E-state index contributed by atoms with van der Waals surface area (Å²) in [4.78, 5) is 19.5. The second-order valence-electron chi connectivity index (χ2n) is 4.77. The molecule has 2 N–H and O–H groups in total. The van der Waals surface area contributed by atoms with E-state index in [4.69, 9.17) is 4.42 Å². The van der Waals surface area contributed by atoms with Crippen molar-refractivity contribution in [3.63, 3.8) is 0 Å². The molecule has 0 spiro atoms. The smallest absolute Gasteiger partial charge is 0.255 e. The van der Waals surface area contributed by atoms with Gasteiger partial charge >= 0.3 is 0 Å². The lowest BCUT2D eigenvalue weighted by atomic mass is 10.1. The van der Waals surface area contributed by atoms with E-state index in [1.165, 1.54) is 6.39 Å². The van der Waals surface area contributed by atoms with E-state index in [0.29, 0.717) is 22.4 Å². The van der Waals surface area contributed by atoms with Crippen LogP contribution in [0.2, 0.25) is 0 Å². The van der Waals surface area contributed by atoms with E-state index >= 15 is 0 Å². The van der Waals surface area contributed by atoms with E-state index in [-0.39, 0.29) is 5.91 Å². The number of carbonyl (C=O) groups is 1. The highest BCUT2D eigenvalue weighted by atomic mass is 16.3. The molecule has 0 fully saturated rings. The van der Waals surface area contributed by atoms with Gasteiger partial charge in [-0.15, -0.1) is 0 Å². The van der Waals surface area contributed by atoms with Crippen LogP contribution in [0.3, 0.4) is 0 Å². The molecule has 21 heavy (non-hydrogen) atoms. The van der Waals surface area contributed by atoms with Gasteiger partial charge < -0.3 is 14.7 Å². The average Bonchev–Trinajstić information content (AvgIpc) is 3.14. The third-order valence-corrected chi connectivity index (χ3v) is 3.41. The van der Waals surface area contributed by atoms with Crippen molar-refractivity contribution < 1.29 is 9.21 Å². The standard InChI is InChI=1S/C16H11N3O2/c20-16(11-2-1-10-5-6-17-13(10)7-11)19-12-3-4-15-14(8-12)18-9-21-15/h1-9,17H,(H,19,20). The number of aromatic amines is 1. The van der Waals surface area contributed by atoms with Gasteiger partial charge in [0.05, 0.1) is 0 Å². The summed E-state index contributed by atoms with van der Waals surface area (Å²) in [6.07, 6.45) is 3.24. The molecule has 0 saturated carbocycles. The maximum Gasteiger partial charge on any atom is 0.255 e. The Kier molecular flexibility index (Phi) is 2.50. The van der Waals surface area contributed by atoms with Gasteiger partial charge in [0.2, 0.25) is 0 Å². The van der Waals surface area contributed by atoms with E-state index in [0.717, 1.165) is 10.9 Å². The number of nitrogens with one attached hydrogen (secondary N) is 2. The Morgan fingerprint density at radius 3 is 3.05 bits per heavy atom. The first-order valence-corrected chi connectivity index (χ1v) is 6.51. The highest BCUT2D eigenvalue weighted by Crippen LogP contribution is 2.19. The maximum atomic E-state index is 12.3. The second-order valence-corrected chi connectivity index (χ2v) is 4.77. The molecule has 0 atom stereocenters. The monoisotopic (exact) mass is 277 g/mol. The van der Waals surface area contributed by atoms with Crippen LogP contribution < -0.4 is 5.32 Å². The number of amides is 1. The minimum atomic E-state index is -0.158. The number of carbonyl (C=O) groups excluding carboxylic acids is 1. The number of aromatic nitrogens is 2. The van der Waals surface area contributed by atoms with Crippen molar-refractivity contribution in [3.8, 4) is 0 Å². The lowest BCUT2D eigenvalue weighted by Crippen LogP contribution is -2.11. The SMILES string of the molecule is O=C(Nc1ccc2ocnc2c1)c1ccc2cc[nH]c2c1. The highest BCUT2D eigenvalue weighted by molar-refractivity contribution is 6.06. The summed E-state index contributed by atoms with van der Waals surface area (Å²) in [5.74, 6) is -0.158. The zero-order valence-corrected chi connectivity index (χ0v) is 11.0.